The molecular formula is C30H56O7. The average Bonchev–Trinajstić information content (AvgIpc) is 2.71. The van der Waals surface area contributed by atoms with Gasteiger partial charge < -0.3 is 20.4 Å². The molecule has 0 aromatic rings. The molecule has 8 unspecified atom stereocenters. The normalized spacial score (nSPS) is 21.4. The lowest BCUT2D eigenvalue weighted by Gasteiger charge is -2.55. The topological polar surface area (TPSA) is 132 Å². The van der Waals surface area contributed by atoms with E-state index in [4.69, 9.17) is 0 Å². The molecule has 37 heavy (non-hydrogen) atoms. The molecule has 0 aliphatic heterocycles. The van der Waals surface area contributed by atoms with Crippen LogP contribution in [0, 0.1) is 64.6 Å². The molecule has 0 rings (SSSR count). The minimum Gasteiger partial charge on any atom is -0.481 e. The van der Waals surface area contributed by atoms with Crippen molar-refractivity contribution in [3.63, 3.8) is 0 Å². The Labute approximate surface area is 225 Å². The minimum atomic E-state index is -3.04. The number of hydrogen-bond donors (Lipinski definition) is 4. The van der Waals surface area contributed by atoms with Crippen molar-refractivity contribution in [2.24, 2.45) is 64.6 Å². The van der Waals surface area contributed by atoms with E-state index in [1.54, 1.807) is 20.8 Å². The number of carboxylic acid groups (broad SMARTS) is 3. The zero-order valence-electron chi connectivity index (χ0n) is 25.4. The van der Waals surface area contributed by atoms with Crippen molar-refractivity contribution in [2.75, 3.05) is 0 Å². The largest absolute Gasteiger partial charge is 0.481 e. The van der Waals surface area contributed by atoms with E-state index in [1.165, 1.54) is 0 Å². The van der Waals surface area contributed by atoms with Crippen LogP contribution < -0.4 is 0 Å². The Morgan fingerprint density at radius 3 is 1.14 bits per heavy atom. The maximum Gasteiger partial charge on any atom is 0.337 e. The lowest BCUT2D eigenvalue weighted by molar-refractivity contribution is -0.232. The monoisotopic (exact) mass is 528 g/mol. The molecule has 0 aliphatic carbocycles. The van der Waals surface area contributed by atoms with Crippen LogP contribution >= 0.6 is 0 Å². The molecule has 7 nitrogen and oxygen atoms in total. The summed E-state index contributed by atoms with van der Waals surface area (Å²) in [7, 11) is 0. The first-order valence-corrected chi connectivity index (χ1v) is 14.1. The second kappa shape index (κ2) is 14.0. The summed E-state index contributed by atoms with van der Waals surface area (Å²) in [6.45, 7) is 22.7. The molecule has 0 saturated heterocycles. The number of carboxylic acids is 3. The van der Waals surface area contributed by atoms with Gasteiger partial charge in [-0.05, 0) is 72.5 Å². The van der Waals surface area contributed by atoms with Gasteiger partial charge in [0, 0.05) is 0 Å². The predicted molar refractivity (Wildman–Crippen MR) is 147 cm³/mol. The fraction of sp³-hybridized carbons (Fsp3) is 0.900. The van der Waals surface area contributed by atoms with E-state index in [2.05, 4.69) is 0 Å². The fourth-order valence-electron chi connectivity index (χ4n) is 7.09. The van der Waals surface area contributed by atoms with Crippen molar-refractivity contribution in [3.05, 3.63) is 0 Å². The van der Waals surface area contributed by atoms with Crippen LogP contribution in [0.4, 0.5) is 0 Å². The number of rotatable bonds is 17. The Balaban J connectivity index is 7.63. The molecule has 218 valence electrons. The molecule has 8 atom stereocenters. The second-order valence-electron chi connectivity index (χ2n) is 13.3. The maximum atomic E-state index is 13.5. The summed E-state index contributed by atoms with van der Waals surface area (Å²) in [6, 6.07) is 0. The number of hydrogen-bond acceptors (Lipinski definition) is 4. The Morgan fingerprint density at radius 2 is 0.892 bits per heavy atom. The van der Waals surface area contributed by atoms with E-state index in [0.29, 0.717) is 19.3 Å². The van der Waals surface area contributed by atoms with Crippen molar-refractivity contribution < 1.29 is 34.8 Å². The Kier molecular flexibility index (Phi) is 13.3. The van der Waals surface area contributed by atoms with Crippen LogP contribution in [-0.2, 0) is 14.4 Å². The van der Waals surface area contributed by atoms with Crippen LogP contribution in [0.3, 0.4) is 0 Å². The fourth-order valence-corrected chi connectivity index (χ4v) is 7.09. The third-order valence-electron chi connectivity index (χ3n) is 9.12. The van der Waals surface area contributed by atoms with Gasteiger partial charge in [-0.25, -0.2) is 4.79 Å². The summed E-state index contributed by atoms with van der Waals surface area (Å²) in [6.07, 6.45) is 1.86. The molecular weight excluding hydrogens is 472 g/mol. The Hall–Kier alpha value is -1.63. The van der Waals surface area contributed by atoms with Gasteiger partial charge in [0.25, 0.3) is 0 Å². The van der Waals surface area contributed by atoms with Gasteiger partial charge >= 0.3 is 17.9 Å². The number of aliphatic carboxylic acids is 3. The van der Waals surface area contributed by atoms with Crippen LogP contribution in [-0.4, -0.2) is 43.9 Å². The highest BCUT2D eigenvalue weighted by molar-refractivity contribution is 5.94. The lowest BCUT2D eigenvalue weighted by Crippen LogP contribution is -2.71. The summed E-state index contributed by atoms with van der Waals surface area (Å²) in [5.41, 5.74) is -5.28. The van der Waals surface area contributed by atoms with Crippen molar-refractivity contribution in [3.8, 4) is 0 Å². The molecule has 0 radical (unpaired) electrons. The zero-order valence-corrected chi connectivity index (χ0v) is 25.4. The van der Waals surface area contributed by atoms with E-state index in [9.17, 15) is 34.8 Å². The molecule has 0 aliphatic rings. The molecule has 7 heteroatoms. The van der Waals surface area contributed by atoms with Gasteiger partial charge in [-0.15, -0.1) is 0 Å². The van der Waals surface area contributed by atoms with Gasteiger partial charge in [-0.2, -0.15) is 0 Å². The first kappa shape index (κ1) is 35.4. The highest BCUT2D eigenvalue weighted by atomic mass is 16.4. The van der Waals surface area contributed by atoms with E-state index in [-0.39, 0.29) is 35.5 Å². The van der Waals surface area contributed by atoms with Crippen molar-refractivity contribution in [1.29, 1.82) is 0 Å². The standard InChI is InChI=1S/C30H56O7/c1-16(2)13-19(7)22(10)25(26(31)32)30(37,28(35)36)29(27(33)34,23(11)20(8)14-17(3)4)24(12)21(9)15-18(5)6/h16-25,37H,13-15H2,1-12H3,(H,31,32)(H,33,34)(H,35,36). The third kappa shape index (κ3) is 7.48. The molecule has 0 amide bonds. The Morgan fingerprint density at radius 1 is 0.568 bits per heavy atom. The summed E-state index contributed by atoms with van der Waals surface area (Å²) < 4.78 is 0. The third-order valence-corrected chi connectivity index (χ3v) is 9.12. The van der Waals surface area contributed by atoms with E-state index in [0.717, 1.165) is 0 Å². The molecule has 0 bridgehead atoms. The van der Waals surface area contributed by atoms with Crippen LogP contribution in [0.5, 0.6) is 0 Å². The summed E-state index contributed by atoms with van der Waals surface area (Å²) in [4.78, 5) is 39.6. The van der Waals surface area contributed by atoms with Gasteiger partial charge in [0.1, 0.15) is 11.3 Å². The predicted octanol–water partition coefficient (Wildman–Crippen LogP) is 6.53. The molecule has 0 fully saturated rings. The van der Waals surface area contributed by atoms with Crippen molar-refractivity contribution in [1.82, 2.24) is 0 Å². The van der Waals surface area contributed by atoms with Gasteiger partial charge in [-0.1, -0.05) is 83.1 Å². The minimum absolute atomic E-state index is 0.213. The summed E-state index contributed by atoms with van der Waals surface area (Å²) >= 11 is 0. The second-order valence-corrected chi connectivity index (χ2v) is 13.3. The van der Waals surface area contributed by atoms with Gasteiger partial charge in [0.05, 0.1) is 0 Å². The Bertz CT molecular complexity index is 737. The van der Waals surface area contributed by atoms with E-state index >= 15 is 0 Å². The molecule has 4 N–H and O–H groups in total. The molecule has 0 spiro atoms. The van der Waals surface area contributed by atoms with Gasteiger partial charge in [-0.3, -0.25) is 9.59 Å². The van der Waals surface area contributed by atoms with Crippen molar-refractivity contribution >= 4 is 17.9 Å². The summed E-state index contributed by atoms with van der Waals surface area (Å²) in [5, 5.41) is 44.6. The van der Waals surface area contributed by atoms with E-state index < -0.39 is 52.6 Å². The quantitative estimate of drug-likeness (QED) is 0.169. The van der Waals surface area contributed by atoms with E-state index in [1.807, 2.05) is 62.3 Å². The van der Waals surface area contributed by atoms with Crippen molar-refractivity contribution in [2.45, 2.75) is 108 Å². The smallest absolute Gasteiger partial charge is 0.337 e. The van der Waals surface area contributed by atoms with Crippen LogP contribution in [0.25, 0.3) is 0 Å². The highest BCUT2D eigenvalue weighted by Crippen LogP contribution is 2.57. The van der Waals surface area contributed by atoms with Crippen LogP contribution in [0.15, 0.2) is 0 Å². The molecule has 0 heterocycles. The maximum absolute atomic E-state index is 13.5. The SMILES string of the molecule is CC(C)CC(C)C(C)C(C(=O)O)C(O)(C(=O)O)C(C(=O)O)(C(C)C(C)CC(C)C)C(C)C(C)CC(C)C. The molecule has 0 aromatic carbocycles. The lowest BCUT2D eigenvalue weighted by atomic mass is 9.48. The van der Waals surface area contributed by atoms with Gasteiger partial charge in [0.2, 0.25) is 0 Å². The first-order valence-electron chi connectivity index (χ1n) is 14.1. The van der Waals surface area contributed by atoms with Gasteiger partial charge in [0.15, 0.2) is 5.60 Å². The zero-order chi connectivity index (χ0) is 29.6. The number of aliphatic hydroxyl groups is 1. The summed E-state index contributed by atoms with van der Waals surface area (Å²) in [5.74, 6) is -9.05. The first-order chi connectivity index (χ1) is 16.7. The van der Waals surface area contributed by atoms with Crippen LogP contribution in [0.2, 0.25) is 0 Å². The average molecular weight is 529 g/mol. The number of carbonyl (C=O) groups is 3. The van der Waals surface area contributed by atoms with Crippen LogP contribution in [0.1, 0.15) is 102 Å². The molecule has 0 aromatic heterocycles. The highest BCUT2D eigenvalue weighted by Gasteiger charge is 2.72. The molecule has 0 saturated carbocycles.